The smallest absolute Gasteiger partial charge is 0.339 e. The molecule has 0 saturated carbocycles. The number of thioether (sulfide) groups is 1. The van der Waals surface area contributed by atoms with Gasteiger partial charge in [0, 0.05) is 15.6 Å². The summed E-state index contributed by atoms with van der Waals surface area (Å²) in [5.74, 6) is -1.74. The molecule has 0 atom stereocenters. The number of anilines is 2. The molecule has 0 aromatic heterocycles. The Kier molecular flexibility index (Phi) is 6.53. The van der Waals surface area contributed by atoms with Crippen molar-refractivity contribution in [2.24, 2.45) is 0 Å². The number of hydrogen-bond donors (Lipinski definition) is 1. The molecule has 3 aromatic rings. The molecule has 1 aliphatic heterocycles. The topological polar surface area (TPSA) is 75.7 Å². The number of benzene rings is 3. The molecule has 3 aromatic carbocycles. The van der Waals surface area contributed by atoms with Gasteiger partial charge in [-0.1, -0.05) is 53.2 Å². The first-order valence-electron chi connectivity index (χ1n) is 9.96. The van der Waals surface area contributed by atoms with Gasteiger partial charge in [-0.25, -0.2) is 9.69 Å². The number of amides is 2. The zero-order chi connectivity index (χ0) is 23.5. The molecule has 8 heteroatoms. The Morgan fingerprint density at radius 1 is 0.939 bits per heavy atom. The number of para-hydroxylation sites is 1. The van der Waals surface area contributed by atoms with Crippen molar-refractivity contribution >= 4 is 52.5 Å². The molecule has 1 N–H and O–H groups in total. The van der Waals surface area contributed by atoms with E-state index in [1.165, 1.54) is 24.9 Å². The van der Waals surface area contributed by atoms with Crippen LogP contribution in [0.15, 0.2) is 88.3 Å². The van der Waals surface area contributed by atoms with E-state index in [4.69, 9.17) is 16.3 Å². The molecule has 0 bridgehead atoms. The molecule has 2 amide bonds. The van der Waals surface area contributed by atoms with Gasteiger partial charge in [0.05, 0.1) is 18.4 Å². The second kappa shape index (κ2) is 9.52. The average molecular weight is 479 g/mol. The van der Waals surface area contributed by atoms with E-state index in [0.717, 1.165) is 15.4 Å². The number of esters is 1. The minimum absolute atomic E-state index is 0.118. The van der Waals surface area contributed by atoms with E-state index in [1.54, 1.807) is 42.5 Å². The Morgan fingerprint density at radius 2 is 1.61 bits per heavy atom. The number of nitrogens with one attached hydrogen (secondary N) is 1. The predicted octanol–water partition coefficient (Wildman–Crippen LogP) is 5.42. The van der Waals surface area contributed by atoms with Gasteiger partial charge >= 0.3 is 5.97 Å². The van der Waals surface area contributed by atoms with Gasteiger partial charge in [-0.3, -0.25) is 9.59 Å². The monoisotopic (exact) mass is 478 g/mol. The maximum atomic E-state index is 13.5. The Labute approximate surface area is 200 Å². The molecular formula is C25H19ClN2O4S. The molecule has 33 heavy (non-hydrogen) atoms. The number of carbonyl (C=O) groups is 3. The number of carbonyl (C=O) groups excluding carboxylic acids is 3. The van der Waals surface area contributed by atoms with Crippen molar-refractivity contribution in [2.45, 2.75) is 11.8 Å². The lowest BCUT2D eigenvalue weighted by Crippen LogP contribution is -2.33. The van der Waals surface area contributed by atoms with Gasteiger partial charge in [0.25, 0.3) is 11.8 Å². The van der Waals surface area contributed by atoms with Crippen molar-refractivity contribution in [3.8, 4) is 0 Å². The van der Waals surface area contributed by atoms with E-state index in [2.05, 4.69) is 5.32 Å². The molecule has 0 saturated heterocycles. The lowest BCUT2D eigenvalue weighted by atomic mass is 10.1. The summed E-state index contributed by atoms with van der Waals surface area (Å²) in [5.41, 5.74) is 2.08. The second-order valence-electron chi connectivity index (χ2n) is 7.21. The molecule has 0 radical (unpaired) electrons. The largest absolute Gasteiger partial charge is 0.465 e. The highest BCUT2D eigenvalue weighted by atomic mass is 35.5. The van der Waals surface area contributed by atoms with Crippen molar-refractivity contribution in [1.29, 1.82) is 0 Å². The number of halogens is 1. The number of hydrogen-bond acceptors (Lipinski definition) is 6. The van der Waals surface area contributed by atoms with Crippen LogP contribution in [0.25, 0.3) is 0 Å². The van der Waals surface area contributed by atoms with E-state index in [9.17, 15) is 14.4 Å². The molecule has 0 spiro atoms. The van der Waals surface area contributed by atoms with Gasteiger partial charge in [0.15, 0.2) is 0 Å². The normalized spacial score (nSPS) is 13.5. The summed E-state index contributed by atoms with van der Waals surface area (Å²) in [7, 11) is 1.25. The molecule has 1 heterocycles. The van der Waals surface area contributed by atoms with Crippen LogP contribution < -0.4 is 10.2 Å². The average Bonchev–Trinajstić information content (AvgIpc) is 3.05. The summed E-state index contributed by atoms with van der Waals surface area (Å²) in [6, 6.07) is 20.8. The number of nitrogens with zero attached hydrogens (tertiary/aromatic N) is 1. The van der Waals surface area contributed by atoms with E-state index in [0.29, 0.717) is 10.7 Å². The number of ether oxygens (including phenoxy) is 1. The summed E-state index contributed by atoms with van der Waals surface area (Å²) >= 11 is 7.16. The second-order valence-corrected chi connectivity index (χ2v) is 8.73. The van der Waals surface area contributed by atoms with E-state index in [-0.39, 0.29) is 21.9 Å². The third-order valence-corrected chi connectivity index (χ3v) is 6.29. The summed E-state index contributed by atoms with van der Waals surface area (Å²) in [5, 5.41) is 3.61. The number of methoxy groups -OCH3 is 1. The van der Waals surface area contributed by atoms with E-state index in [1.807, 2.05) is 31.2 Å². The highest BCUT2D eigenvalue weighted by molar-refractivity contribution is 8.04. The van der Waals surface area contributed by atoms with Crippen LogP contribution in [0.4, 0.5) is 11.4 Å². The Balaban J connectivity index is 1.78. The molecular weight excluding hydrogens is 460 g/mol. The SMILES string of the molecule is COC(=O)c1ccccc1N1C(=O)C(Nc2ccc(Cl)cc2)=C(Sc2ccc(C)cc2)C1=O. The summed E-state index contributed by atoms with van der Waals surface area (Å²) in [4.78, 5) is 41.3. The van der Waals surface area contributed by atoms with Crippen molar-refractivity contribution < 1.29 is 19.1 Å². The maximum absolute atomic E-state index is 13.5. The van der Waals surface area contributed by atoms with Crippen LogP contribution in [-0.2, 0) is 14.3 Å². The molecule has 6 nitrogen and oxygen atoms in total. The van der Waals surface area contributed by atoms with Crippen LogP contribution in [0.1, 0.15) is 15.9 Å². The van der Waals surface area contributed by atoms with Crippen LogP contribution in [-0.4, -0.2) is 24.9 Å². The third-order valence-electron chi connectivity index (χ3n) is 4.95. The quantitative estimate of drug-likeness (QED) is 0.376. The molecule has 1 aliphatic rings. The minimum atomic E-state index is -0.641. The fraction of sp³-hybridized carbons (Fsp3) is 0.0800. The summed E-state index contributed by atoms with van der Waals surface area (Å²) < 4.78 is 4.84. The Hall–Kier alpha value is -3.55. The van der Waals surface area contributed by atoms with Gasteiger partial charge in [0.2, 0.25) is 0 Å². The highest BCUT2D eigenvalue weighted by Gasteiger charge is 2.41. The van der Waals surface area contributed by atoms with Crippen molar-refractivity contribution in [1.82, 2.24) is 0 Å². The fourth-order valence-corrected chi connectivity index (χ4v) is 4.34. The van der Waals surface area contributed by atoms with Crippen LogP contribution >= 0.6 is 23.4 Å². The van der Waals surface area contributed by atoms with Gasteiger partial charge in [-0.15, -0.1) is 0 Å². The first kappa shape index (κ1) is 22.6. The van der Waals surface area contributed by atoms with Crippen molar-refractivity contribution in [2.75, 3.05) is 17.3 Å². The lowest BCUT2D eigenvalue weighted by molar-refractivity contribution is -0.120. The maximum Gasteiger partial charge on any atom is 0.339 e. The predicted molar refractivity (Wildman–Crippen MR) is 129 cm³/mol. The molecule has 166 valence electrons. The van der Waals surface area contributed by atoms with Crippen LogP contribution in [0.3, 0.4) is 0 Å². The van der Waals surface area contributed by atoms with Crippen molar-refractivity contribution in [3.63, 3.8) is 0 Å². The minimum Gasteiger partial charge on any atom is -0.465 e. The first-order valence-corrected chi connectivity index (χ1v) is 11.2. The summed E-state index contributed by atoms with van der Waals surface area (Å²) in [6.07, 6.45) is 0. The molecule has 4 rings (SSSR count). The third kappa shape index (κ3) is 4.65. The van der Waals surface area contributed by atoms with Crippen LogP contribution in [0, 0.1) is 6.92 Å². The summed E-state index contributed by atoms with van der Waals surface area (Å²) in [6.45, 7) is 1.97. The fourth-order valence-electron chi connectivity index (χ4n) is 3.29. The molecule has 0 unspecified atom stereocenters. The standard InChI is InChI=1S/C25H19ClN2O4S/c1-15-7-13-18(14-8-15)33-22-21(27-17-11-9-16(26)10-12-17)23(29)28(24(22)30)20-6-4-3-5-19(20)25(31)32-2/h3-14,27H,1-2H3. The van der Waals surface area contributed by atoms with Crippen LogP contribution in [0.2, 0.25) is 5.02 Å². The lowest BCUT2D eigenvalue weighted by Gasteiger charge is -2.18. The number of rotatable bonds is 6. The van der Waals surface area contributed by atoms with Gasteiger partial charge < -0.3 is 10.1 Å². The molecule has 0 aliphatic carbocycles. The first-order chi connectivity index (χ1) is 15.9. The van der Waals surface area contributed by atoms with E-state index >= 15 is 0 Å². The van der Waals surface area contributed by atoms with Gasteiger partial charge in [0.1, 0.15) is 10.6 Å². The van der Waals surface area contributed by atoms with Crippen LogP contribution in [0.5, 0.6) is 0 Å². The number of imide groups is 1. The van der Waals surface area contributed by atoms with Gasteiger partial charge in [-0.05, 0) is 55.5 Å². The zero-order valence-electron chi connectivity index (χ0n) is 17.8. The van der Waals surface area contributed by atoms with Gasteiger partial charge in [-0.2, -0.15) is 0 Å². The Morgan fingerprint density at radius 3 is 2.27 bits per heavy atom. The molecule has 0 fully saturated rings. The van der Waals surface area contributed by atoms with Crippen molar-refractivity contribution in [3.05, 3.63) is 99.5 Å². The highest BCUT2D eigenvalue weighted by Crippen LogP contribution is 2.39. The number of aryl methyl sites for hydroxylation is 1. The zero-order valence-corrected chi connectivity index (χ0v) is 19.4. The van der Waals surface area contributed by atoms with E-state index < -0.39 is 17.8 Å². The Bertz CT molecular complexity index is 1200.